The van der Waals surface area contributed by atoms with Gasteiger partial charge in [-0.2, -0.15) is 0 Å². The molecule has 0 bridgehead atoms. The number of alkyl halides is 1. The molecule has 2 aromatic heterocycles. The number of carbonyl (C=O) groups excluding carboxylic acids is 11. The van der Waals surface area contributed by atoms with Crippen molar-refractivity contribution in [3.63, 3.8) is 0 Å². The van der Waals surface area contributed by atoms with E-state index in [1.165, 1.54) is 31.2 Å². The van der Waals surface area contributed by atoms with Gasteiger partial charge in [-0.15, -0.1) is 5.10 Å². The number of aliphatic hydroxyl groups is 2. The van der Waals surface area contributed by atoms with Crippen LogP contribution in [0.1, 0.15) is 107 Å². The van der Waals surface area contributed by atoms with Crippen LogP contribution in [0.5, 0.6) is 5.75 Å². The van der Waals surface area contributed by atoms with E-state index in [9.17, 15) is 63.2 Å². The molecule has 2 aliphatic rings. The minimum atomic E-state index is -1.90. The monoisotopic (exact) mass is 1620 g/mol. The number of amides is 11. The van der Waals surface area contributed by atoms with Crippen LogP contribution >= 0.6 is 21.6 Å². The number of nitrogens with zero attached hydrogens (tertiary/aromatic N) is 4. The summed E-state index contributed by atoms with van der Waals surface area (Å²) >= 11 is 0. The number of aliphatic carboxylic acids is 1. The predicted octanol–water partition coefficient (Wildman–Crippen LogP) is 2.95. The van der Waals surface area contributed by atoms with Crippen molar-refractivity contribution < 1.29 is 82.4 Å². The molecule has 0 radical (unpaired) electrons. The van der Waals surface area contributed by atoms with Gasteiger partial charge in [-0.05, 0) is 105 Å². The van der Waals surface area contributed by atoms with Gasteiger partial charge in [-0.1, -0.05) is 136 Å². The van der Waals surface area contributed by atoms with Crippen LogP contribution in [0, 0.1) is 0 Å². The van der Waals surface area contributed by atoms with Crippen LogP contribution in [0.25, 0.3) is 33.4 Å². The topological polar surface area (TPSA) is 482 Å². The first kappa shape index (κ1) is 87.7. The molecular weight excluding hydrogens is 1520 g/mol. The van der Waals surface area contributed by atoms with Gasteiger partial charge in [0.15, 0.2) is 6.04 Å². The van der Waals surface area contributed by atoms with Gasteiger partial charge in [0, 0.05) is 104 Å². The molecule has 0 spiro atoms. The Balaban J connectivity index is 0.941. The summed E-state index contributed by atoms with van der Waals surface area (Å²) in [5.74, 6) is -11.3. The quantitative estimate of drug-likeness (QED) is 0.0208. The fourth-order valence-corrected chi connectivity index (χ4v) is 15.5. The third-order valence-electron chi connectivity index (χ3n) is 19.4. The Bertz CT molecular complexity index is 4530. The van der Waals surface area contributed by atoms with E-state index in [1.54, 1.807) is 70.4 Å². The summed E-state index contributed by atoms with van der Waals surface area (Å²) in [6.45, 7) is 2.74. The first-order valence-corrected chi connectivity index (χ1v) is 40.7. The average Bonchev–Trinajstić information content (AvgIpc) is 1.67. The standard InChI is InChI=1S/C80H99FN16O16S2/c1-47(98)69-79(111)91-63(78(110)93-70(48(2)99)80(112)113)46-115-114-45-62(77(109)88-60(41-50-28-30-53(100)31-29-50)75(107)89-61(42-52-43-85-57-24-12-10-21-54(52)57)76(108)87-58(73(105)92-69)25-14-16-36-82)90-74(106)59(40-49-18-5-3-6-19-49)86-67(103)33-32-66(102)83-37-17-39-97-72-55-22-9-8-20-51(55)44-96(64-26-13-11-23-56(64)71(72)94-95-97)68(104)34-38-84-65(101)27-7-4-15-35-81/h3,5-6,8-13,18-24,26,28-31,43,47-48,58-63,69-70,85,98-100H,4,7,14-17,25,27,32-42,44-46,82H2,1-2H3,(H,83,102)(H,84,101)(H,86,103)(H,87,108)(H,88,109)(H,89,107)(H,90,106)(H,91,111)(H,92,105)(H,93,110)(H,112,113)/t47-,48+,58-,59+,60-,61+,62-,63-,69+,70-/m0/s1/i81-1. The molecule has 614 valence electrons. The largest absolute Gasteiger partial charge is 0.508 e. The zero-order valence-corrected chi connectivity index (χ0v) is 65.4. The highest BCUT2D eigenvalue weighted by Crippen LogP contribution is 2.41. The lowest BCUT2D eigenvalue weighted by molar-refractivity contribution is -0.145. The van der Waals surface area contributed by atoms with E-state index >= 15 is 19.2 Å². The summed E-state index contributed by atoms with van der Waals surface area (Å²) in [4.78, 5) is 175. The molecule has 2 aliphatic heterocycles. The molecular formula is C80H99FN16O16S2. The maximum Gasteiger partial charge on any atom is 0.328 e. The lowest BCUT2D eigenvalue weighted by Crippen LogP contribution is -2.62. The van der Waals surface area contributed by atoms with Gasteiger partial charge in [0.05, 0.1) is 36.8 Å². The number of nitrogens with one attached hydrogen (secondary N) is 11. The van der Waals surface area contributed by atoms with Gasteiger partial charge < -0.3 is 89.2 Å². The molecule has 5 aromatic carbocycles. The molecule has 32 nitrogen and oxygen atoms in total. The number of benzene rings is 5. The van der Waals surface area contributed by atoms with Crippen molar-refractivity contribution in [3.05, 3.63) is 156 Å². The first-order chi connectivity index (χ1) is 55.4. The van der Waals surface area contributed by atoms with Crippen molar-refractivity contribution in [2.45, 2.75) is 177 Å². The SMILES string of the molecule is C[C@H](O)[C@H]1NC(=O)[C@H](CCCCN)NC(=O)[C@@H](Cc2c[nH]c3ccccc23)NC(=O)[C@H](Cc2ccc(O)cc2)NC(=O)[C@@H](NC(=O)[C@@H](Cc2ccccc2)NC(=O)CCC(=O)NCCCn2nnc3c2-c2ccccc2CN(C(=O)CCNC(=O)CCCCC[18F])c2ccccc2-3)CSSC[C@@H](C(=O)N[C@H](C(=O)O)[C@@H](C)O)NC1=O. The molecule has 1 saturated heterocycles. The second kappa shape index (κ2) is 43.8. The Morgan fingerprint density at radius 2 is 1.29 bits per heavy atom. The van der Waals surface area contributed by atoms with Crippen LogP contribution in [-0.4, -0.2) is 210 Å². The number of anilines is 1. The van der Waals surface area contributed by atoms with Crippen LogP contribution in [0.15, 0.2) is 134 Å². The molecule has 0 unspecified atom stereocenters. The molecule has 17 N–H and O–H groups in total. The number of rotatable bonds is 33. The number of unbranched alkanes of at least 4 members (excludes halogenated alkanes) is 3. The Labute approximate surface area is 671 Å². The highest BCUT2D eigenvalue weighted by atomic mass is 33.1. The Hall–Kier alpha value is -11.3. The van der Waals surface area contributed by atoms with Gasteiger partial charge in [0.1, 0.15) is 53.7 Å². The number of hydrogen-bond acceptors (Lipinski definition) is 20. The van der Waals surface area contributed by atoms with Crippen molar-refractivity contribution in [2.24, 2.45) is 5.73 Å². The fourth-order valence-electron chi connectivity index (χ4n) is 13.2. The third-order valence-corrected chi connectivity index (χ3v) is 21.8. The number of aromatic nitrogens is 4. The van der Waals surface area contributed by atoms with Gasteiger partial charge in [-0.25, -0.2) is 9.48 Å². The maximum absolute atomic E-state index is 15.3. The number of fused-ring (bicyclic) bond motifs is 6. The Morgan fingerprint density at radius 3 is 2.02 bits per heavy atom. The van der Waals surface area contributed by atoms with E-state index < -0.39 is 144 Å². The van der Waals surface area contributed by atoms with Crippen molar-refractivity contribution >= 4 is 109 Å². The minimum absolute atomic E-state index is 0.0176. The van der Waals surface area contributed by atoms with E-state index in [1.807, 2.05) is 48.5 Å². The third kappa shape index (κ3) is 25.6. The predicted molar refractivity (Wildman–Crippen MR) is 429 cm³/mol. The summed E-state index contributed by atoms with van der Waals surface area (Å²) < 4.78 is 14.3. The number of aliphatic hydroxyl groups excluding tert-OH is 2. The molecule has 0 aliphatic carbocycles. The number of phenolic OH excluding ortho intramolecular Hbond substituents is 1. The zero-order valence-electron chi connectivity index (χ0n) is 63.8. The number of carboxylic acids is 1. The fraction of sp³-hybridized carbons (Fsp3) is 0.425. The molecule has 7 aromatic rings. The van der Waals surface area contributed by atoms with Crippen LogP contribution in [0.3, 0.4) is 0 Å². The molecule has 11 amide bonds. The van der Waals surface area contributed by atoms with Gasteiger partial charge in [-0.3, -0.25) is 57.1 Å². The number of H-pyrrole nitrogens is 1. The number of hydrogen-bond donors (Lipinski definition) is 16. The average molecular weight is 1620 g/mol. The normalized spacial score (nSPS) is 18.7. The first-order valence-electron chi connectivity index (χ1n) is 38.2. The Kier molecular flexibility index (Phi) is 33.4. The zero-order chi connectivity index (χ0) is 82.5. The van der Waals surface area contributed by atoms with Gasteiger partial charge in [0.2, 0.25) is 65.0 Å². The number of halogens is 1. The number of carbonyl (C=O) groups is 12. The number of para-hydroxylation sites is 2. The van der Waals surface area contributed by atoms with E-state index in [2.05, 4.69) is 68.5 Å². The smallest absolute Gasteiger partial charge is 0.328 e. The Morgan fingerprint density at radius 1 is 0.635 bits per heavy atom. The van der Waals surface area contributed by atoms with Crippen LogP contribution in [-0.2, 0) is 89.9 Å². The van der Waals surface area contributed by atoms with E-state index in [0.29, 0.717) is 82.3 Å². The summed E-state index contributed by atoms with van der Waals surface area (Å²) in [6, 6.07) is 23.2. The maximum atomic E-state index is 15.3. The van der Waals surface area contributed by atoms with Gasteiger partial charge >= 0.3 is 5.97 Å². The van der Waals surface area contributed by atoms with Gasteiger partial charge in [0.25, 0.3) is 0 Å². The second-order valence-corrected chi connectivity index (χ2v) is 30.7. The van der Waals surface area contributed by atoms with Crippen molar-refractivity contribution in [1.29, 1.82) is 0 Å². The van der Waals surface area contributed by atoms with Crippen molar-refractivity contribution in [3.8, 4) is 28.3 Å². The lowest BCUT2D eigenvalue weighted by Gasteiger charge is -2.29. The number of phenols is 1. The molecule has 9 rings (SSSR count). The number of nitrogens with two attached hydrogens (primary N) is 1. The molecule has 10 atom stereocenters. The highest BCUT2D eigenvalue weighted by molar-refractivity contribution is 8.76. The van der Waals surface area contributed by atoms with Crippen LogP contribution < -0.4 is 63.8 Å². The highest BCUT2D eigenvalue weighted by Gasteiger charge is 2.39. The lowest BCUT2D eigenvalue weighted by atomic mass is 9.95. The summed E-state index contributed by atoms with van der Waals surface area (Å²) in [6.07, 6.45) is -0.412. The van der Waals surface area contributed by atoms with Crippen LogP contribution in [0.2, 0.25) is 0 Å². The summed E-state index contributed by atoms with van der Waals surface area (Å²) in [5.41, 5.74) is 12.1. The number of aryl methyl sites for hydroxylation is 1. The van der Waals surface area contributed by atoms with E-state index in [-0.39, 0.29) is 102 Å². The number of aromatic hydroxyl groups is 1. The number of aromatic amines is 1. The minimum Gasteiger partial charge on any atom is -0.508 e. The van der Waals surface area contributed by atoms with E-state index in [0.717, 1.165) is 39.6 Å². The number of carboxylic acid groups (broad SMARTS) is 1. The molecule has 1 fully saturated rings. The second-order valence-electron chi connectivity index (χ2n) is 28.2. The molecule has 35 heteroatoms. The molecule has 115 heavy (non-hydrogen) atoms. The van der Waals surface area contributed by atoms with E-state index in [4.69, 9.17) is 5.73 Å². The van der Waals surface area contributed by atoms with Crippen LogP contribution in [0.4, 0.5) is 10.1 Å². The summed E-state index contributed by atoms with van der Waals surface area (Å²) in [7, 11) is 1.70. The summed E-state index contributed by atoms with van der Waals surface area (Å²) in [5, 5.41) is 78.2. The van der Waals surface area contributed by atoms with Crippen molar-refractivity contribution in [1.82, 2.24) is 73.1 Å². The van der Waals surface area contributed by atoms with Crippen molar-refractivity contribution in [2.75, 3.05) is 42.7 Å². The molecule has 0 saturated carbocycles. The molecule has 4 heterocycles.